The Balaban J connectivity index is 1.49. The molecule has 1 atom stereocenters. The van der Waals surface area contributed by atoms with Crippen molar-refractivity contribution < 1.29 is 13.3 Å². The van der Waals surface area contributed by atoms with Crippen molar-refractivity contribution in [3.63, 3.8) is 0 Å². The van der Waals surface area contributed by atoms with Gasteiger partial charge >= 0.3 is 0 Å². The van der Waals surface area contributed by atoms with E-state index in [0.717, 1.165) is 25.2 Å². The zero-order valence-electron chi connectivity index (χ0n) is 20.1. The van der Waals surface area contributed by atoms with Crippen LogP contribution < -0.4 is 9.80 Å². The van der Waals surface area contributed by atoms with E-state index in [9.17, 15) is 13.7 Å². The van der Waals surface area contributed by atoms with Crippen LogP contribution in [0.4, 0.5) is 5.82 Å². The number of hydrogen-bond donors (Lipinski definition) is 1. The molecular formula is C28H28N5O2S+. The van der Waals surface area contributed by atoms with Crippen molar-refractivity contribution in [2.45, 2.75) is 23.6 Å². The van der Waals surface area contributed by atoms with Crippen LogP contribution in [-0.2, 0) is 16.4 Å². The van der Waals surface area contributed by atoms with Crippen molar-refractivity contribution >= 4 is 26.7 Å². The highest BCUT2D eigenvalue weighted by Gasteiger charge is 2.36. The molecule has 4 aromatic rings. The number of nitriles is 1. The van der Waals surface area contributed by atoms with E-state index in [1.165, 1.54) is 10.5 Å². The predicted molar refractivity (Wildman–Crippen MR) is 139 cm³/mol. The number of benzene rings is 3. The number of hydrogen-bond acceptors (Lipinski definition) is 6. The second-order valence-corrected chi connectivity index (χ2v) is 11.2. The zero-order chi connectivity index (χ0) is 25.1. The number of quaternary nitrogens is 1. The molecule has 1 saturated heterocycles. The Hall–Kier alpha value is -3.80. The van der Waals surface area contributed by atoms with Crippen LogP contribution in [0.5, 0.6) is 0 Å². The Labute approximate surface area is 211 Å². The number of nitrogens with one attached hydrogen (secondary N) is 1. The average molecular weight is 499 g/mol. The van der Waals surface area contributed by atoms with Gasteiger partial charge in [-0.1, -0.05) is 60.2 Å². The van der Waals surface area contributed by atoms with Crippen molar-refractivity contribution in [3.8, 4) is 6.07 Å². The molecule has 0 aliphatic carbocycles. The van der Waals surface area contributed by atoms with Gasteiger partial charge in [-0.05, 0) is 31.2 Å². The lowest BCUT2D eigenvalue weighted by Gasteiger charge is -2.34. The second kappa shape index (κ2) is 10.1. The molecule has 0 bridgehead atoms. The lowest BCUT2D eigenvalue weighted by Crippen LogP contribution is -3.13. The van der Waals surface area contributed by atoms with Gasteiger partial charge in [0.25, 0.3) is 0 Å². The summed E-state index contributed by atoms with van der Waals surface area (Å²) in [5, 5.41) is 8.66. The largest absolute Gasteiger partial charge is 0.344 e. The van der Waals surface area contributed by atoms with E-state index < -0.39 is 15.1 Å². The van der Waals surface area contributed by atoms with Gasteiger partial charge in [-0.25, -0.2) is 18.4 Å². The molecule has 182 valence electrons. The van der Waals surface area contributed by atoms with Gasteiger partial charge in [0, 0.05) is 5.56 Å². The summed E-state index contributed by atoms with van der Waals surface area (Å²) in [6.45, 7) is 5.99. The van der Waals surface area contributed by atoms with Crippen LogP contribution in [0.1, 0.15) is 22.1 Å². The van der Waals surface area contributed by atoms with Gasteiger partial charge in [0.05, 0.1) is 48.2 Å². The topological polar surface area (TPSA) is 91.4 Å². The number of piperazine rings is 1. The smallest absolute Gasteiger partial charge is 0.200 e. The normalized spacial score (nSPS) is 15.5. The van der Waals surface area contributed by atoms with Crippen LogP contribution in [0.2, 0.25) is 0 Å². The van der Waals surface area contributed by atoms with Crippen LogP contribution >= 0.6 is 0 Å². The van der Waals surface area contributed by atoms with Gasteiger partial charge in [-0.3, -0.25) is 0 Å². The minimum Gasteiger partial charge on any atom is -0.344 e. The minimum atomic E-state index is -4.00. The summed E-state index contributed by atoms with van der Waals surface area (Å²) in [6.07, 6.45) is 0. The number of para-hydroxylation sites is 2. The third-order valence-electron chi connectivity index (χ3n) is 6.67. The number of fused-ring (bicyclic) bond motifs is 1. The summed E-state index contributed by atoms with van der Waals surface area (Å²) in [7, 11) is -4.00. The zero-order valence-corrected chi connectivity index (χ0v) is 20.9. The third kappa shape index (κ3) is 4.81. The molecule has 1 N–H and O–H groups in total. The van der Waals surface area contributed by atoms with Crippen molar-refractivity contribution in [2.24, 2.45) is 0 Å². The van der Waals surface area contributed by atoms with E-state index in [1.54, 1.807) is 30.3 Å². The third-order valence-corrected chi connectivity index (χ3v) is 8.55. The number of anilines is 1. The molecule has 1 aliphatic rings. The Morgan fingerprint density at radius 3 is 2.17 bits per heavy atom. The molecule has 5 rings (SSSR count). The highest BCUT2D eigenvalue weighted by molar-refractivity contribution is 7.92. The number of aromatic nitrogens is 2. The molecule has 0 saturated carbocycles. The summed E-state index contributed by atoms with van der Waals surface area (Å²) < 4.78 is 27.2. The van der Waals surface area contributed by atoms with Crippen molar-refractivity contribution in [1.29, 1.82) is 5.26 Å². The quantitative estimate of drug-likeness (QED) is 0.440. The van der Waals surface area contributed by atoms with Crippen molar-refractivity contribution in [2.75, 3.05) is 31.1 Å². The molecule has 1 fully saturated rings. The van der Waals surface area contributed by atoms with Crippen LogP contribution in [0.15, 0.2) is 83.8 Å². The maximum absolute atomic E-state index is 13.6. The highest BCUT2D eigenvalue weighted by atomic mass is 32.2. The van der Waals surface area contributed by atoms with Gasteiger partial charge in [-0.15, -0.1) is 0 Å². The van der Waals surface area contributed by atoms with Crippen molar-refractivity contribution in [3.05, 3.63) is 95.7 Å². The fraction of sp³-hybridized carbons (Fsp3) is 0.250. The lowest BCUT2D eigenvalue weighted by atomic mass is 10.2. The fourth-order valence-corrected chi connectivity index (χ4v) is 6.03. The van der Waals surface area contributed by atoms with Gasteiger partial charge in [-0.2, -0.15) is 5.26 Å². The molecule has 1 aromatic heterocycles. The number of aryl methyl sites for hydroxylation is 1. The summed E-state index contributed by atoms with van der Waals surface area (Å²) >= 11 is 0. The second-order valence-electron chi connectivity index (χ2n) is 9.19. The van der Waals surface area contributed by atoms with Gasteiger partial charge < -0.3 is 9.80 Å². The standard InChI is InChI=1S/C28H27N5O2S/c1-21-11-13-23(14-12-21)36(34,35)26(19-29)27-28(31-25-10-6-5-9-24(25)30-27)33-17-15-32(16-18-33)20-22-7-3-2-4-8-22/h2-14,26H,15-18,20H2,1H3/p+1/t26-/m0/s1. The highest BCUT2D eigenvalue weighted by Crippen LogP contribution is 2.34. The van der Waals surface area contributed by atoms with E-state index >= 15 is 0 Å². The first kappa shape index (κ1) is 23.9. The first-order valence-corrected chi connectivity index (χ1v) is 13.6. The van der Waals surface area contributed by atoms with E-state index in [4.69, 9.17) is 9.97 Å². The molecule has 8 heteroatoms. The summed E-state index contributed by atoms with van der Waals surface area (Å²) in [6, 6.07) is 26.4. The Morgan fingerprint density at radius 2 is 1.53 bits per heavy atom. The maximum atomic E-state index is 13.6. The Bertz CT molecular complexity index is 1510. The van der Waals surface area contributed by atoms with Crippen LogP contribution in [0.25, 0.3) is 11.0 Å². The van der Waals surface area contributed by atoms with E-state index in [2.05, 4.69) is 29.2 Å². The SMILES string of the molecule is Cc1ccc(S(=O)(=O)[C@@H](C#N)c2nc3ccccc3nc2N2CC[NH+](Cc3ccccc3)CC2)cc1. The molecule has 0 spiro atoms. The Morgan fingerprint density at radius 1 is 0.917 bits per heavy atom. The number of rotatable bonds is 6. The summed E-state index contributed by atoms with van der Waals surface area (Å²) in [5.74, 6) is 0.481. The molecule has 2 heterocycles. The van der Waals surface area contributed by atoms with Crippen molar-refractivity contribution in [1.82, 2.24) is 9.97 Å². The molecule has 0 amide bonds. The first-order chi connectivity index (χ1) is 17.5. The molecular weight excluding hydrogens is 470 g/mol. The van der Waals surface area contributed by atoms with Gasteiger partial charge in [0.2, 0.25) is 9.84 Å². The minimum absolute atomic E-state index is 0.109. The summed E-state index contributed by atoms with van der Waals surface area (Å²) in [5.41, 5.74) is 3.69. The molecule has 3 aromatic carbocycles. The molecule has 36 heavy (non-hydrogen) atoms. The molecule has 7 nitrogen and oxygen atoms in total. The van der Waals surface area contributed by atoms with Crippen LogP contribution in [0.3, 0.4) is 0 Å². The number of sulfone groups is 1. The van der Waals surface area contributed by atoms with Crippen LogP contribution in [-0.4, -0.2) is 44.6 Å². The van der Waals surface area contributed by atoms with E-state index in [1.807, 2.05) is 37.3 Å². The first-order valence-electron chi connectivity index (χ1n) is 12.0. The molecule has 0 radical (unpaired) electrons. The van der Waals surface area contributed by atoms with Gasteiger partial charge in [0.15, 0.2) is 11.1 Å². The molecule has 0 unspecified atom stereocenters. The lowest BCUT2D eigenvalue weighted by molar-refractivity contribution is -0.914. The van der Waals surface area contributed by atoms with Crippen LogP contribution in [0, 0.1) is 18.3 Å². The van der Waals surface area contributed by atoms with Gasteiger partial charge in [0.1, 0.15) is 12.2 Å². The number of nitrogens with zero attached hydrogens (tertiary/aromatic N) is 4. The monoisotopic (exact) mass is 498 g/mol. The predicted octanol–water partition coefficient (Wildman–Crippen LogP) is 2.88. The average Bonchev–Trinajstić information content (AvgIpc) is 2.90. The Kier molecular flexibility index (Phi) is 6.68. The van der Waals surface area contributed by atoms with E-state index in [0.29, 0.717) is 29.9 Å². The fourth-order valence-electron chi connectivity index (χ4n) is 4.65. The summed E-state index contributed by atoms with van der Waals surface area (Å²) in [4.78, 5) is 13.2. The molecule has 1 aliphatic heterocycles. The van der Waals surface area contributed by atoms with E-state index in [-0.39, 0.29) is 10.6 Å². The maximum Gasteiger partial charge on any atom is 0.200 e.